The SMILES string of the molecule is CCOC(=O)N1CCC(Nc2nc(NC3CCC(N)CC3)nc3c2ncn3C2CCCC2)CC1.Cl.Cl. The van der Waals surface area contributed by atoms with E-state index in [9.17, 15) is 4.79 Å². The molecule has 0 aromatic carbocycles. The number of nitrogens with two attached hydrogens (primary N) is 1. The third-order valence-corrected chi connectivity index (χ3v) is 7.61. The Labute approximate surface area is 225 Å². The van der Waals surface area contributed by atoms with E-state index in [1.807, 2.05) is 13.3 Å². The second kappa shape index (κ2) is 13.0. The Morgan fingerprint density at radius 1 is 1.00 bits per heavy atom. The zero-order valence-corrected chi connectivity index (χ0v) is 22.7. The molecule has 3 fully saturated rings. The Morgan fingerprint density at radius 3 is 2.33 bits per heavy atom. The van der Waals surface area contributed by atoms with Gasteiger partial charge >= 0.3 is 6.09 Å². The van der Waals surface area contributed by atoms with Gasteiger partial charge in [-0.25, -0.2) is 9.78 Å². The molecule has 0 unspecified atom stereocenters. The number of carbonyl (C=O) groups excluding carboxylic acids is 1. The highest BCUT2D eigenvalue weighted by atomic mass is 35.5. The van der Waals surface area contributed by atoms with E-state index < -0.39 is 0 Å². The molecule has 1 saturated heterocycles. The van der Waals surface area contributed by atoms with Crippen LogP contribution < -0.4 is 16.4 Å². The molecule has 0 bridgehead atoms. The van der Waals surface area contributed by atoms with E-state index in [-0.39, 0.29) is 36.9 Å². The van der Waals surface area contributed by atoms with Crippen LogP contribution in [0, 0.1) is 0 Å². The van der Waals surface area contributed by atoms with Gasteiger partial charge in [-0.1, -0.05) is 12.8 Å². The van der Waals surface area contributed by atoms with Crippen molar-refractivity contribution in [3.63, 3.8) is 0 Å². The molecule has 4 N–H and O–H groups in total. The number of hydrogen-bond acceptors (Lipinski definition) is 8. The second-order valence-electron chi connectivity index (χ2n) is 10.0. The first kappa shape index (κ1) is 28.5. The molecule has 5 rings (SSSR count). The Morgan fingerprint density at radius 2 is 1.67 bits per heavy atom. The molecule has 1 amide bonds. The summed E-state index contributed by atoms with van der Waals surface area (Å²) in [5.41, 5.74) is 7.84. The number of carbonyl (C=O) groups is 1. The lowest BCUT2D eigenvalue weighted by atomic mass is 9.92. The van der Waals surface area contributed by atoms with Gasteiger partial charge in [-0.2, -0.15) is 9.97 Å². The highest BCUT2D eigenvalue weighted by molar-refractivity contribution is 5.86. The van der Waals surface area contributed by atoms with Gasteiger partial charge in [0.05, 0.1) is 12.9 Å². The minimum atomic E-state index is -0.223. The van der Waals surface area contributed by atoms with Gasteiger partial charge in [0.1, 0.15) is 0 Å². The smallest absolute Gasteiger partial charge is 0.409 e. The monoisotopic (exact) mass is 542 g/mol. The summed E-state index contributed by atoms with van der Waals surface area (Å²) in [5, 5.41) is 7.22. The van der Waals surface area contributed by atoms with Gasteiger partial charge in [-0.3, -0.25) is 0 Å². The van der Waals surface area contributed by atoms with Gasteiger partial charge < -0.3 is 30.6 Å². The molecular weight excluding hydrogens is 503 g/mol. The van der Waals surface area contributed by atoms with Crippen LogP contribution in [0.15, 0.2) is 6.33 Å². The van der Waals surface area contributed by atoms with Gasteiger partial charge in [-0.05, 0) is 58.3 Å². The molecule has 2 aromatic heterocycles. The number of fused-ring (bicyclic) bond motifs is 1. The highest BCUT2D eigenvalue weighted by Crippen LogP contribution is 2.33. The molecular formula is C24H40Cl2N8O2. The van der Waals surface area contributed by atoms with Crippen LogP contribution in [-0.4, -0.2) is 68.3 Å². The van der Waals surface area contributed by atoms with Crippen molar-refractivity contribution in [3.05, 3.63) is 6.33 Å². The average Bonchev–Trinajstić information content (AvgIpc) is 3.51. The Hall–Kier alpha value is -2.04. The molecule has 0 atom stereocenters. The minimum Gasteiger partial charge on any atom is -0.450 e. The molecule has 2 aliphatic carbocycles. The van der Waals surface area contributed by atoms with Gasteiger partial charge in [-0.15, -0.1) is 24.8 Å². The van der Waals surface area contributed by atoms with E-state index in [2.05, 4.69) is 15.2 Å². The molecule has 3 heterocycles. The summed E-state index contributed by atoms with van der Waals surface area (Å²) in [7, 11) is 0. The Bertz CT molecular complexity index is 984. The lowest BCUT2D eigenvalue weighted by Gasteiger charge is -2.32. The van der Waals surface area contributed by atoms with Crippen LogP contribution in [0.3, 0.4) is 0 Å². The molecule has 10 nitrogen and oxygen atoms in total. The van der Waals surface area contributed by atoms with Crippen LogP contribution >= 0.6 is 24.8 Å². The number of amides is 1. The predicted molar refractivity (Wildman–Crippen MR) is 146 cm³/mol. The third-order valence-electron chi connectivity index (χ3n) is 7.61. The fourth-order valence-corrected chi connectivity index (χ4v) is 5.59. The molecule has 2 aromatic rings. The summed E-state index contributed by atoms with van der Waals surface area (Å²) in [4.78, 5) is 28.4. The first-order valence-electron chi connectivity index (χ1n) is 13.1. The number of nitrogens with zero attached hydrogens (tertiary/aromatic N) is 5. The summed E-state index contributed by atoms with van der Waals surface area (Å²) in [5.74, 6) is 1.45. The Kier molecular flexibility index (Phi) is 10.3. The van der Waals surface area contributed by atoms with Gasteiger partial charge in [0, 0.05) is 37.3 Å². The zero-order valence-electron chi connectivity index (χ0n) is 21.0. The number of hydrogen-bond donors (Lipinski definition) is 3. The fourth-order valence-electron chi connectivity index (χ4n) is 5.59. The summed E-state index contributed by atoms with van der Waals surface area (Å²) in [6, 6.07) is 1.34. The van der Waals surface area contributed by atoms with Crippen molar-refractivity contribution in [1.82, 2.24) is 24.4 Å². The molecule has 0 radical (unpaired) electrons. The lowest BCUT2D eigenvalue weighted by molar-refractivity contribution is 0.0983. The number of aromatic nitrogens is 4. The zero-order chi connectivity index (χ0) is 23.5. The summed E-state index contributed by atoms with van der Waals surface area (Å²) in [6.07, 6.45) is 12.4. The van der Waals surface area contributed by atoms with E-state index in [0.717, 1.165) is 55.5 Å². The summed E-state index contributed by atoms with van der Waals surface area (Å²) >= 11 is 0. The predicted octanol–water partition coefficient (Wildman–Crippen LogP) is 4.50. The van der Waals surface area contributed by atoms with E-state index in [1.54, 1.807) is 4.90 Å². The third kappa shape index (κ3) is 6.44. The molecule has 1 aliphatic heterocycles. The minimum absolute atomic E-state index is 0. The number of ether oxygens (including phenoxy) is 1. The second-order valence-corrected chi connectivity index (χ2v) is 10.0. The van der Waals surface area contributed by atoms with Crippen molar-refractivity contribution in [3.8, 4) is 0 Å². The van der Waals surface area contributed by atoms with E-state index in [0.29, 0.717) is 43.8 Å². The molecule has 202 valence electrons. The number of anilines is 2. The normalized spacial score (nSPS) is 23.1. The lowest BCUT2D eigenvalue weighted by Crippen LogP contribution is -2.42. The Balaban J connectivity index is 0.00000180. The van der Waals surface area contributed by atoms with Crippen LogP contribution in [0.1, 0.15) is 77.2 Å². The molecule has 36 heavy (non-hydrogen) atoms. The molecule has 0 spiro atoms. The van der Waals surface area contributed by atoms with Crippen molar-refractivity contribution in [2.75, 3.05) is 30.3 Å². The number of imidazole rings is 1. The quantitative estimate of drug-likeness (QED) is 0.487. The summed E-state index contributed by atoms with van der Waals surface area (Å²) in [6.45, 7) is 3.59. The number of rotatable bonds is 6. The average molecular weight is 544 g/mol. The maximum atomic E-state index is 12.1. The van der Waals surface area contributed by atoms with Gasteiger partial charge in [0.15, 0.2) is 17.0 Å². The number of nitrogens with one attached hydrogen (secondary N) is 2. The van der Waals surface area contributed by atoms with Crippen molar-refractivity contribution in [1.29, 1.82) is 0 Å². The maximum Gasteiger partial charge on any atom is 0.409 e. The molecule has 3 aliphatic rings. The van der Waals surface area contributed by atoms with Crippen LogP contribution in [-0.2, 0) is 4.74 Å². The number of piperidine rings is 1. The first-order chi connectivity index (χ1) is 16.6. The standard InChI is InChI=1S/C24H38N8O2.2ClH/c1-2-34-24(33)31-13-11-18(12-14-31)27-21-20-22(32(15-26-20)19-5-3-4-6-19)30-23(29-21)28-17-9-7-16(25)8-10-17;;/h15-19H,2-14,25H2,1H3,(H2,27,28,29,30);2*1H. The van der Waals surface area contributed by atoms with E-state index >= 15 is 0 Å². The van der Waals surface area contributed by atoms with Crippen LogP contribution in [0.5, 0.6) is 0 Å². The topological polar surface area (TPSA) is 123 Å². The van der Waals surface area contributed by atoms with Crippen LogP contribution in [0.4, 0.5) is 16.6 Å². The van der Waals surface area contributed by atoms with Gasteiger partial charge in [0.25, 0.3) is 0 Å². The van der Waals surface area contributed by atoms with Crippen molar-refractivity contribution < 1.29 is 9.53 Å². The molecule has 2 saturated carbocycles. The fraction of sp³-hybridized carbons (Fsp3) is 0.750. The van der Waals surface area contributed by atoms with E-state index in [4.69, 9.17) is 25.4 Å². The largest absolute Gasteiger partial charge is 0.450 e. The van der Waals surface area contributed by atoms with Gasteiger partial charge in [0.2, 0.25) is 5.95 Å². The number of halogens is 2. The number of likely N-dealkylation sites (tertiary alicyclic amines) is 1. The van der Waals surface area contributed by atoms with Crippen molar-refractivity contribution >= 4 is 53.8 Å². The first-order valence-corrected chi connectivity index (χ1v) is 13.1. The maximum absolute atomic E-state index is 12.1. The summed E-state index contributed by atoms with van der Waals surface area (Å²) < 4.78 is 7.41. The molecule has 12 heteroatoms. The van der Waals surface area contributed by atoms with Crippen LogP contribution in [0.25, 0.3) is 11.2 Å². The van der Waals surface area contributed by atoms with Crippen molar-refractivity contribution in [2.45, 2.75) is 95.3 Å². The highest BCUT2D eigenvalue weighted by Gasteiger charge is 2.27. The van der Waals surface area contributed by atoms with Crippen LogP contribution in [0.2, 0.25) is 0 Å². The van der Waals surface area contributed by atoms with Crippen molar-refractivity contribution in [2.24, 2.45) is 5.73 Å². The van der Waals surface area contributed by atoms with E-state index in [1.165, 1.54) is 25.7 Å².